The molecule has 0 aliphatic heterocycles. The molecule has 1 aromatic heterocycles. The molecule has 0 atom stereocenters. The summed E-state index contributed by atoms with van der Waals surface area (Å²) in [5.74, 6) is -1.36. The Balaban J connectivity index is 3.32. The number of rotatable bonds is 2. The molecule has 0 saturated heterocycles. The van der Waals surface area contributed by atoms with Gasteiger partial charge in [-0.05, 0) is 40.3 Å². The maximum Gasteiger partial charge on any atom is 0.270 e. The first-order valence-corrected chi connectivity index (χ1v) is 4.73. The quantitative estimate of drug-likeness (QED) is 0.472. The van der Waals surface area contributed by atoms with Crippen molar-refractivity contribution in [1.82, 2.24) is 4.98 Å². The maximum absolute atomic E-state index is 12.9. The fourth-order valence-corrected chi connectivity index (χ4v) is 1.64. The van der Waals surface area contributed by atoms with Crippen LogP contribution >= 0.6 is 34.2 Å². The van der Waals surface area contributed by atoms with E-state index >= 15 is 0 Å². The van der Waals surface area contributed by atoms with Crippen molar-refractivity contribution in [2.24, 2.45) is 0 Å². The van der Waals surface area contributed by atoms with Gasteiger partial charge in [-0.15, -0.1) is 0 Å². The fourth-order valence-electron chi connectivity index (χ4n) is 0.790. The van der Waals surface area contributed by atoms with Gasteiger partial charge in [-0.1, -0.05) is 0 Å². The lowest BCUT2D eigenvalue weighted by molar-refractivity contribution is 0.107. The van der Waals surface area contributed by atoms with E-state index in [1.165, 1.54) is 22.6 Å². The third kappa shape index (κ3) is 2.35. The first kappa shape index (κ1) is 11.7. The lowest BCUT2D eigenvalue weighted by atomic mass is 10.2. The number of halogens is 5. The van der Waals surface area contributed by atoms with E-state index in [0.29, 0.717) is 0 Å². The smallest absolute Gasteiger partial charge is 0.270 e. The van der Waals surface area contributed by atoms with E-state index in [1.807, 2.05) is 0 Å². The van der Waals surface area contributed by atoms with Crippen LogP contribution in [0.25, 0.3) is 0 Å². The summed E-state index contributed by atoms with van der Waals surface area (Å²) in [5, 5.41) is -0.984. The first-order chi connectivity index (χ1) is 6.43. The first-order valence-electron chi connectivity index (χ1n) is 3.27. The van der Waals surface area contributed by atoms with Gasteiger partial charge in [0.1, 0.15) is 5.69 Å². The van der Waals surface area contributed by atoms with E-state index in [-0.39, 0.29) is 9.26 Å². The Morgan fingerprint density at radius 3 is 2.50 bits per heavy atom. The van der Waals surface area contributed by atoms with Gasteiger partial charge < -0.3 is 0 Å². The largest absolute Gasteiger partial charge is 0.274 e. The topological polar surface area (TPSA) is 30.0 Å². The molecular formula is C7H2ClF3INO. The lowest BCUT2D eigenvalue weighted by Crippen LogP contribution is -2.04. The van der Waals surface area contributed by atoms with Crippen molar-refractivity contribution in [2.75, 3.05) is 0 Å². The minimum atomic E-state index is -2.96. The summed E-state index contributed by atoms with van der Waals surface area (Å²) in [6, 6.07) is 1.01. The molecule has 2 nitrogen and oxygen atoms in total. The van der Waals surface area contributed by atoms with Crippen molar-refractivity contribution < 1.29 is 18.0 Å². The molecule has 0 radical (unpaired) electrons. The molecule has 76 valence electrons. The highest BCUT2D eigenvalue weighted by atomic mass is 127. The molecule has 0 amide bonds. The van der Waals surface area contributed by atoms with E-state index in [2.05, 4.69) is 4.98 Å². The third-order valence-electron chi connectivity index (χ3n) is 1.38. The van der Waals surface area contributed by atoms with Crippen LogP contribution in [0, 0.1) is 9.52 Å². The second kappa shape index (κ2) is 4.43. The molecule has 1 rings (SSSR count). The molecule has 0 unspecified atom stereocenters. The lowest BCUT2D eigenvalue weighted by Gasteiger charge is -2.04. The van der Waals surface area contributed by atoms with Crippen LogP contribution in [0.1, 0.15) is 22.5 Å². The van der Waals surface area contributed by atoms with Crippen molar-refractivity contribution in [2.45, 2.75) is 6.43 Å². The summed E-state index contributed by atoms with van der Waals surface area (Å²) in [4.78, 5) is 13.6. The average Bonchev–Trinajstić information content (AvgIpc) is 2.01. The molecule has 14 heavy (non-hydrogen) atoms. The van der Waals surface area contributed by atoms with Gasteiger partial charge in [0, 0.05) is 3.57 Å². The molecule has 0 aliphatic carbocycles. The number of nitrogens with zero attached hydrogens (tertiary/aromatic N) is 1. The predicted octanol–water partition coefficient (Wildman–Crippen LogP) is 3.14. The van der Waals surface area contributed by atoms with Crippen LogP contribution < -0.4 is 0 Å². The number of pyridine rings is 1. The zero-order valence-corrected chi connectivity index (χ0v) is 9.31. The number of carbonyl (C=O) groups excluding carboxylic acids is 1. The minimum absolute atomic E-state index is 0.0749. The molecule has 1 aromatic rings. The van der Waals surface area contributed by atoms with Gasteiger partial charge in [-0.2, -0.15) is 4.39 Å². The number of carbonyl (C=O) groups is 1. The Bertz CT molecular complexity index is 362. The summed E-state index contributed by atoms with van der Waals surface area (Å²) >= 11 is 6.51. The SMILES string of the molecule is O=C(Cl)c1cc(I)c(C(F)F)c(F)n1. The Morgan fingerprint density at radius 2 is 2.14 bits per heavy atom. The molecule has 0 spiro atoms. The van der Waals surface area contributed by atoms with Crippen molar-refractivity contribution in [3.8, 4) is 0 Å². The predicted molar refractivity (Wildman–Crippen MR) is 52.1 cm³/mol. The van der Waals surface area contributed by atoms with Gasteiger partial charge in [0.15, 0.2) is 0 Å². The summed E-state index contributed by atoms with van der Waals surface area (Å²) in [6.45, 7) is 0. The molecule has 0 aromatic carbocycles. The molecule has 7 heteroatoms. The van der Waals surface area contributed by atoms with Gasteiger partial charge in [0.25, 0.3) is 11.7 Å². The molecule has 0 bridgehead atoms. The van der Waals surface area contributed by atoms with Crippen LogP contribution in [-0.4, -0.2) is 10.2 Å². The molecule has 1 heterocycles. The second-order valence-electron chi connectivity index (χ2n) is 2.27. The number of aromatic nitrogens is 1. The van der Waals surface area contributed by atoms with Gasteiger partial charge in [-0.25, -0.2) is 13.8 Å². The van der Waals surface area contributed by atoms with E-state index in [0.717, 1.165) is 6.07 Å². The number of hydrogen-bond acceptors (Lipinski definition) is 2. The summed E-state index contributed by atoms with van der Waals surface area (Å²) in [5.41, 5.74) is -1.19. The summed E-state index contributed by atoms with van der Waals surface area (Å²) < 4.78 is 37.3. The molecular weight excluding hydrogens is 333 g/mol. The van der Waals surface area contributed by atoms with Gasteiger partial charge in [0.2, 0.25) is 5.95 Å². The van der Waals surface area contributed by atoms with Crippen LogP contribution in [0.15, 0.2) is 6.07 Å². The second-order valence-corrected chi connectivity index (χ2v) is 3.77. The minimum Gasteiger partial charge on any atom is -0.274 e. The number of hydrogen-bond donors (Lipinski definition) is 0. The summed E-state index contributed by atoms with van der Waals surface area (Å²) in [7, 11) is 0. The van der Waals surface area contributed by atoms with Crippen LogP contribution in [0.3, 0.4) is 0 Å². The van der Waals surface area contributed by atoms with Crippen LogP contribution in [0.2, 0.25) is 0 Å². The van der Waals surface area contributed by atoms with E-state index < -0.39 is 23.2 Å². The van der Waals surface area contributed by atoms with Crippen LogP contribution in [0.5, 0.6) is 0 Å². The molecule has 0 saturated carbocycles. The normalized spacial score (nSPS) is 10.7. The van der Waals surface area contributed by atoms with Gasteiger partial charge in [-0.3, -0.25) is 4.79 Å². The highest BCUT2D eigenvalue weighted by Crippen LogP contribution is 2.26. The molecule has 0 fully saturated rings. The van der Waals surface area contributed by atoms with Gasteiger partial charge >= 0.3 is 0 Å². The van der Waals surface area contributed by atoms with Crippen LogP contribution in [-0.2, 0) is 0 Å². The van der Waals surface area contributed by atoms with Crippen molar-refractivity contribution in [3.63, 3.8) is 0 Å². The van der Waals surface area contributed by atoms with E-state index in [9.17, 15) is 18.0 Å². The maximum atomic E-state index is 12.9. The zero-order chi connectivity index (χ0) is 10.9. The zero-order valence-electron chi connectivity index (χ0n) is 6.40. The molecule has 0 N–H and O–H groups in total. The standard InChI is InChI=1S/C7H2ClF3INO/c8-5(14)3-1-2(12)4(6(9)10)7(11)13-3/h1,6H. The van der Waals surface area contributed by atoms with E-state index in [4.69, 9.17) is 11.6 Å². The highest BCUT2D eigenvalue weighted by Gasteiger charge is 2.21. The Labute approximate surface area is 95.6 Å². The Morgan fingerprint density at radius 1 is 1.57 bits per heavy atom. The molecule has 0 aliphatic rings. The Kier molecular flexibility index (Phi) is 3.71. The van der Waals surface area contributed by atoms with Crippen molar-refractivity contribution in [1.29, 1.82) is 0 Å². The van der Waals surface area contributed by atoms with Crippen molar-refractivity contribution in [3.05, 3.63) is 26.8 Å². The number of alkyl halides is 2. The Hall–Kier alpha value is -0.370. The van der Waals surface area contributed by atoms with Gasteiger partial charge in [0.05, 0.1) is 5.56 Å². The summed E-state index contributed by atoms with van der Waals surface area (Å²) in [6.07, 6.45) is -2.96. The van der Waals surface area contributed by atoms with E-state index in [1.54, 1.807) is 0 Å². The monoisotopic (exact) mass is 335 g/mol. The average molecular weight is 335 g/mol. The third-order valence-corrected chi connectivity index (χ3v) is 2.47. The fraction of sp³-hybridized carbons (Fsp3) is 0.143. The van der Waals surface area contributed by atoms with Crippen LogP contribution in [0.4, 0.5) is 13.2 Å². The van der Waals surface area contributed by atoms with Crippen molar-refractivity contribution >= 4 is 39.4 Å². The highest BCUT2D eigenvalue weighted by molar-refractivity contribution is 14.1.